The molecule has 1 aliphatic rings. The largest absolute Gasteiger partial charge is 0.382 e. The molecule has 1 fully saturated rings. The summed E-state index contributed by atoms with van der Waals surface area (Å²) in [6, 6.07) is 3.20. The number of carbonyl (C=O) groups excluding carboxylic acids is 1. The number of benzene rings is 1. The average Bonchev–Trinajstić information content (AvgIpc) is 2.56. The van der Waals surface area contributed by atoms with Gasteiger partial charge in [-0.25, -0.2) is 4.39 Å². The Morgan fingerprint density at radius 1 is 1.33 bits per heavy atom. The third-order valence-electron chi connectivity index (χ3n) is 4.56. The van der Waals surface area contributed by atoms with Crippen molar-refractivity contribution in [2.24, 2.45) is 11.1 Å². The van der Waals surface area contributed by atoms with Crippen LogP contribution in [0.1, 0.15) is 61.9 Å². The van der Waals surface area contributed by atoms with Gasteiger partial charge in [0.15, 0.2) is 0 Å². The Morgan fingerprint density at radius 2 is 2.05 bits per heavy atom. The van der Waals surface area contributed by atoms with Crippen LogP contribution >= 0.6 is 0 Å². The van der Waals surface area contributed by atoms with E-state index in [9.17, 15) is 9.18 Å². The Hall–Kier alpha value is -1.58. The van der Waals surface area contributed by atoms with E-state index in [1.54, 1.807) is 13.0 Å². The zero-order valence-corrected chi connectivity index (χ0v) is 13.1. The lowest BCUT2D eigenvalue weighted by Gasteiger charge is -2.23. The van der Waals surface area contributed by atoms with Crippen LogP contribution in [-0.4, -0.2) is 11.9 Å². The van der Waals surface area contributed by atoms with Crippen LogP contribution in [-0.2, 0) is 0 Å². The SMILES string of the molecule is Cc1c(F)cc(C(N)=O)cc1NC1CCCC(C)(C)CC1. The van der Waals surface area contributed by atoms with Crippen molar-refractivity contribution < 1.29 is 9.18 Å². The summed E-state index contributed by atoms with van der Waals surface area (Å²) in [5.74, 6) is -0.985. The second-order valence-electron chi connectivity index (χ2n) is 6.93. The molecular weight excluding hydrogens is 267 g/mol. The highest BCUT2D eigenvalue weighted by atomic mass is 19.1. The molecule has 4 heteroatoms. The summed E-state index contributed by atoms with van der Waals surface area (Å²) in [5.41, 5.74) is 7.09. The molecule has 0 saturated heterocycles. The number of hydrogen-bond donors (Lipinski definition) is 2. The van der Waals surface area contributed by atoms with E-state index >= 15 is 0 Å². The summed E-state index contributed by atoms with van der Waals surface area (Å²) >= 11 is 0. The zero-order chi connectivity index (χ0) is 15.6. The maximum absolute atomic E-state index is 13.9. The summed E-state index contributed by atoms with van der Waals surface area (Å²) in [4.78, 5) is 11.3. The molecule has 0 aromatic heterocycles. The lowest BCUT2D eigenvalue weighted by Crippen LogP contribution is -2.21. The van der Waals surface area contributed by atoms with Crippen molar-refractivity contribution in [2.45, 2.75) is 58.9 Å². The predicted molar refractivity (Wildman–Crippen MR) is 83.9 cm³/mol. The van der Waals surface area contributed by atoms with E-state index in [-0.39, 0.29) is 11.4 Å². The summed E-state index contributed by atoms with van der Waals surface area (Å²) in [6.45, 7) is 6.32. The van der Waals surface area contributed by atoms with Crippen molar-refractivity contribution in [1.82, 2.24) is 0 Å². The second kappa shape index (κ2) is 6.04. The van der Waals surface area contributed by atoms with Crippen molar-refractivity contribution in [3.8, 4) is 0 Å². The molecule has 1 unspecified atom stereocenters. The van der Waals surface area contributed by atoms with E-state index < -0.39 is 5.91 Å². The number of rotatable bonds is 3. The van der Waals surface area contributed by atoms with Crippen LogP contribution in [0.5, 0.6) is 0 Å². The smallest absolute Gasteiger partial charge is 0.248 e. The van der Waals surface area contributed by atoms with Gasteiger partial charge in [0.1, 0.15) is 5.82 Å². The average molecular weight is 292 g/mol. The number of nitrogens with two attached hydrogens (primary N) is 1. The number of amides is 1. The Morgan fingerprint density at radius 3 is 2.71 bits per heavy atom. The van der Waals surface area contributed by atoms with Gasteiger partial charge in [0.2, 0.25) is 5.91 Å². The van der Waals surface area contributed by atoms with Crippen molar-refractivity contribution in [3.63, 3.8) is 0 Å². The van der Waals surface area contributed by atoms with E-state index in [0.29, 0.717) is 22.7 Å². The lowest BCUT2D eigenvalue weighted by atomic mass is 9.85. The van der Waals surface area contributed by atoms with Gasteiger partial charge in [-0.3, -0.25) is 4.79 Å². The minimum atomic E-state index is -0.598. The highest BCUT2D eigenvalue weighted by Crippen LogP contribution is 2.35. The van der Waals surface area contributed by atoms with E-state index in [1.807, 2.05) is 0 Å². The highest BCUT2D eigenvalue weighted by molar-refractivity contribution is 5.94. The molecule has 0 bridgehead atoms. The fourth-order valence-electron chi connectivity index (χ4n) is 3.00. The van der Waals surface area contributed by atoms with Crippen LogP contribution in [0.25, 0.3) is 0 Å². The number of primary amides is 1. The van der Waals surface area contributed by atoms with Crippen molar-refractivity contribution in [1.29, 1.82) is 0 Å². The third-order valence-corrected chi connectivity index (χ3v) is 4.56. The first kappa shape index (κ1) is 15.8. The number of hydrogen-bond acceptors (Lipinski definition) is 2. The number of halogens is 1. The molecule has 21 heavy (non-hydrogen) atoms. The molecule has 1 aromatic carbocycles. The van der Waals surface area contributed by atoms with Gasteiger partial charge < -0.3 is 11.1 Å². The minimum absolute atomic E-state index is 0.217. The molecule has 3 nitrogen and oxygen atoms in total. The van der Waals surface area contributed by atoms with Crippen LogP contribution in [0.3, 0.4) is 0 Å². The minimum Gasteiger partial charge on any atom is -0.382 e. The van der Waals surface area contributed by atoms with Crippen LogP contribution in [0, 0.1) is 18.2 Å². The van der Waals surface area contributed by atoms with Gasteiger partial charge in [0.25, 0.3) is 0 Å². The molecule has 1 amide bonds. The zero-order valence-electron chi connectivity index (χ0n) is 13.1. The fraction of sp³-hybridized carbons (Fsp3) is 0.588. The fourth-order valence-corrected chi connectivity index (χ4v) is 3.00. The van der Waals surface area contributed by atoms with Crippen LogP contribution in [0.2, 0.25) is 0 Å². The Balaban J connectivity index is 2.17. The van der Waals surface area contributed by atoms with Gasteiger partial charge in [0, 0.05) is 22.9 Å². The van der Waals surface area contributed by atoms with E-state index in [0.717, 1.165) is 19.3 Å². The Bertz CT molecular complexity index is 540. The molecule has 1 atom stereocenters. The Labute approximate surface area is 126 Å². The standard InChI is InChI=1S/C17H25FN2O/c1-11-14(18)9-12(16(19)21)10-15(11)20-13-5-4-7-17(2,3)8-6-13/h9-10,13,20H,4-8H2,1-3H3,(H2,19,21). The molecular formula is C17H25FN2O. The van der Waals surface area contributed by atoms with Crippen LogP contribution < -0.4 is 11.1 Å². The number of carbonyl (C=O) groups is 1. The van der Waals surface area contributed by atoms with Crippen LogP contribution in [0.4, 0.5) is 10.1 Å². The summed E-state index contributed by atoms with van der Waals surface area (Å²) in [7, 11) is 0. The van der Waals surface area contributed by atoms with Crippen LogP contribution in [0.15, 0.2) is 12.1 Å². The first-order chi connectivity index (χ1) is 9.78. The monoisotopic (exact) mass is 292 g/mol. The van der Waals surface area contributed by atoms with Crippen molar-refractivity contribution in [3.05, 3.63) is 29.1 Å². The van der Waals surface area contributed by atoms with Gasteiger partial charge in [-0.05, 0) is 50.2 Å². The topological polar surface area (TPSA) is 55.1 Å². The Kier molecular flexibility index (Phi) is 4.55. The molecule has 0 radical (unpaired) electrons. The molecule has 3 N–H and O–H groups in total. The maximum Gasteiger partial charge on any atom is 0.248 e. The molecule has 1 aromatic rings. The predicted octanol–water partition coefficient (Wildman–Crippen LogP) is 4.00. The highest BCUT2D eigenvalue weighted by Gasteiger charge is 2.24. The molecule has 116 valence electrons. The van der Waals surface area contributed by atoms with E-state index in [4.69, 9.17) is 5.73 Å². The molecule has 0 aliphatic heterocycles. The van der Waals surface area contributed by atoms with Crippen molar-refractivity contribution >= 4 is 11.6 Å². The molecule has 1 saturated carbocycles. The van der Waals surface area contributed by atoms with E-state index in [1.165, 1.54) is 18.9 Å². The second-order valence-corrected chi connectivity index (χ2v) is 6.93. The summed E-state index contributed by atoms with van der Waals surface area (Å²) in [5, 5.41) is 3.42. The van der Waals surface area contributed by atoms with E-state index in [2.05, 4.69) is 19.2 Å². The first-order valence-corrected chi connectivity index (χ1v) is 7.65. The van der Waals surface area contributed by atoms with Gasteiger partial charge in [-0.1, -0.05) is 20.3 Å². The summed E-state index contributed by atoms with van der Waals surface area (Å²) < 4.78 is 13.9. The lowest BCUT2D eigenvalue weighted by molar-refractivity contribution is 0.1000. The number of anilines is 1. The summed E-state index contributed by atoms with van der Waals surface area (Å²) in [6.07, 6.45) is 5.68. The quantitative estimate of drug-likeness (QED) is 0.827. The van der Waals surface area contributed by atoms with Crippen molar-refractivity contribution in [2.75, 3.05) is 5.32 Å². The normalized spacial score (nSPS) is 21.6. The van der Waals surface area contributed by atoms with Gasteiger partial charge in [0.05, 0.1) is 0 Å². The first-order valence-electron chi connectivity index (χ1n) is 7.65. The van der Waals surface area contributed by atoms with Gasteiger partial charge in [-0.2, -0.15) is 0 Å². The van der Waals surface area contributed by atoms with Gasteiger partial charge in [-0.15, -0.1) is 0 Å². The maximum atomic E-state index is 13.9. The molecule has 2 rings (SSSR count). The molecule has 0 spiro atoms. The number of nitrogens with one attached hydrogen (secondary N) is 1. The molecule has 0 heterocycles. The van der Waals surface area contributed by atoms with Gasteiger partial charge >= 0.3 is 0 Å². The third kappa shape index (κ3) is 3.96. The molecule has 1 aliphatic carbocycles.